The number of nitriles is 1. The molecule has 1 heterocycles. The van der Waals surface area contributed by atoms with E-state index < -0.39 is 0 Å². The number of aryl methyl sites for hydroxylation is 1. The predicted molar refractivity (Wildman–Crippen MR) is 99.5 cm³/mol. The van der Waals surface area contributed by atoms with Gasteiger partial charge in [0.25, 0.3) is 0 Å². The van der Waals surface area contributed by atoms with Crippen LogP contribution in [0.4, 0.5) is 5.82 Å². The van der Waals surface area contributed by atoms with Crippen molar-refractivity contribution in [3.63, 3.8) is 0 Å². The van der Waals surface area contributed by atoms with Crippen LogP contribution in [0.2, 0.25) is 0 Å². The van der Waals surface area contributed by atoms with Crippen molar-refractivity contribution in [2.75, 3.05) is 12.8 Å². The van der Waals surface area contributed by atoms with Crippen molar-refractivity contribution in [1.82, 2.24) is 4.98 Å². The van der Waals surface area contributed by atoms with E-state index in [1.807, 2.05) is 30.3 Å². The first kappa shape index (κ1) is 15.5. The summed E-state index contributed by atoms with van der Waals surface area (Å²) in [5.41, 5.74) is 10.8. The van der Waals surface area contributed by atoms with Crippen molar-refractivity contribution in [2.24, 2.45) is 0 Å². The van der Waals surface area contributed by atoms with Crippen LogP contribution < -0.4 is 10.5 Å². The normalized spacial score (nSPS) is 13.3. The lowest BCUT2D eigenvalue weighted by molar-refractivity contribution is 0.420. The number of hydrogen-bond acceptors (Lipinski definition) is 4. The van der Waals surface area contributed by atoms with Crippen molar-refractivity contribution in [2.45, 2.75) is 25.7 Å². The summed E-state index contributed by atoms with van der Waals surface area (Å²) in [5.74, 6) is 1.16. The van der Waals surface area contributed by atoms with E-state index in [4.69, 9.17) is 10.5 Å². The van der Waals surface area contributed by atoms with E-state index >= 15 is 0 Å². The summed E-state index contributed by atoms with van der Waals surface area (Å²) in [5, 5.41) is 11.8. The Bertz CT molecular complexity index is 1020. The van der Waals surface area contributed by atoms with Crippen LogP contribution in [0.1, 0.15) is 29.7 Å². The van der Waals surface area contributed by atoms with Gasteiger partial charge in [0.15, 0.2) is 0 Å². The van der Waals surface area contributed by atoms with Crippen molar-refractivity contribution in [3.05, 3.63) is 53.2 Å². The summed E-state index contributed by atoms with van der Waals surface area (Å²) in [6, 6.07) is 14.4. The first-order chi connectivity index (χ1) is 12.2. The van der Waals surface area contributed by atoms with Gasteiger partial charge >= 0.3 is 0 Å². The molecule has 1 aromatic heterocycles. The topological polar surface area (TPSA) is 71.9 Å². The minimum Gasteiger partial charge on any atom is -0.496 e. The minimum atomic E-state index is 0.332. The summed E-state index contributed by atoms with van der Waals surface area (Å²) in [7, 11) is 1.68. The van der Waals surface area contributed by atoms with Gasteiger partial charge in [0.05, 0.1) is 7.11 Å². The molecule has 4 nitrogen and oxygen atoms in total. The number of nitrogens with two attached hydrogens (primary N) is 1. The number of benzene rings is 2. The van der Waals surface area contributed by atoms with Crippen LogP contribution >= 0.6 is 0 Å². The Labute approximate surface area is 146 Å². The summed E-state index contributed by atoms with van der Waals surface area (Å²) < 4.78 is 5.51. The lowest BCUT2D eigenvalue weighted by atomic mass is 9.85. The van der Waals surface area contributed by atoms with Gasteiger partial charge in [-0.3, -0.25) is 0 Å². The first-order valence-electron chi connectivity index (χ1n) is 8.52. The van der Waals surface area contributed by atoms with Crippen molar-refractivity contribution in [1.29, 1.82) is 5.26 Å². The molecule has 0 amide bonds. The standard InChI is InChI=1S/C21H19N3O/c1-25-19-11-10-15(13-6-2-3-7-14(13)19)20-16-8-4-5-9-18(16)24-21(23)17(20)12-22/h2-3,6-7,10-11H,4-5,8-9H2,1H3,(H2,23,24). The molecular formula is C21H19N3O. The largest absolute Gasteiger partial charge is 0.496 e. The highest BCUT2D eigenvalue weighted by Crippen LogP contribution is 2.41. The third-order valence-electron chi connectivity index (χ3n) is 4.99. The van der Waals surface area contributed by atoms with Crippen LogP contribution in [0.3, 0.4) is 0 Å². The van der Waals surface area contributed by atoms with E-state index in [-0.39, 0.29) is 0 Å². The molecule has 0 atom stereocenters. The second-order valence-electron chi connectivity index (χ2n) is 6.35. The van der Waals surface area contributed by atoms with Crippen LogP contribution in [0, 0.1) is 11.3 Å². The van der Waals surface area contributed by atoms with E-state index in [2.05, 4.69) is 17.1 Å². The SMILES string of the molecule is COc1ccc(-c2c(C#N)c(N)nc3c2CCCC3)c2ccccc12. The molecule has 0 radical (unpaired) electrons. The highest BCUT2D eigenvalue weighted by molar-refractivity contribution is 6.02. The maximum atomic E-state index is 9.74. The van der Waals surface area contributed by atoms with Crippen LogP contribution in [-0.2, 0) is 12.8 Å². The molecule has 25 heavy (non-hydrogen) atoms. The smallest absolute Gasteiger partial charge is 0.142 e. The van der Waals surface area contributed by atoms with E-state index in [0.29, 0.717) is 11.4 Å². The Morgan fingerprint density at radius 2 is 1.84 bits per heavy atom. The molecule has 0 saturated carbocycles. The molecule has 124 valence electrons. The van der Waals surface area contributed by atoms with Crippen LogP contribution in [-0.4, -0.2) is 12.1 Å². The highest BCUT2D eigenvalue weighted by Gasteiger charge is 2.23. The molecule has 0 fully saturated rings. The molecule has 0 saturated heterocycles. The molecule has 0 unspecified atom stereocenters. The second kappa shape index (κ2) is 6.10. The quantitative estimate of drug-likeness (QED) is 0.763. The van der Waals surface area contributed by atoms with Gasteiger partial charge < -0.3 is 10.5 Å². The fourth-order valence-electron chi connectivity index (χ4n) is 3.84. The fraction of sp³-hybridized carbons (Fsp3) is 0.238. The number of fused-ring (bicyclic) bond motifs is 2. The lowest BCUT2D eigenvalue weighted by Gasteiger charge is -2.22. The van der Waals surface area contributed by atoms with Crippen LogP contribution in [0.5, 0.6) is 5.75 Å². The number of anilines is 1. The van der Waals surface area contributed by atoms with Gasteiger partial charge in [0.1, 0.15) is 23.2 Å². The maximum absolute atomic E-state index is 9.74. The molecule has 3 aromatic rings. The maximum Gasteiger partial charge on any atom is 0.142 e. The number of rotatable bonds is 2. The first-order valence-corrected chi connectivity index (χ1v) is 8.52. The molecule has 2 aromatic carbocycles. The Hall–Kier alpha value is -3.06. The Morgan fingerprint density at radius 3 is 2.60 bits per heavy atom. The molecule has 2 N–H and O–H groups in total. The number of aromatic nitrogens is 1. The molecule has 0 spiro atoms. The van der Waals surface area contributed by atoms with E-state index in [1.54, 1.807) is 7.11 Å². The average Bonchev–Trinajstić information content (AvgIpc) is 2.66. The highest BCUT2D eigenvalue weighted by atomic mass is 16.5. The number of pyridine rings is 1. The van der Waals surface area contributed by atoms with Gasteiger partial charge in [0, 0.05) is 16.6 Å². The number of nitrogens with zero attached hydrogens (tertiary/aromatic N) is 2. The molecule has 1 aliphatic carbocycles. The zero-order valence-electron chi connectivity index (χ0n) is 14.2. The third-order valence-corrected chi connectivity index (χ3v) is 4.99. The van der Waals surface area contributed by atoms with E-state index in [0.717, 1.165) is 59.0 Å². The average molecular weight is 329 g/mol. The molecule has 0 aliphatic heterocycles. The Morgan fingerprint density at radius 1 is 1.08 bits per heavy atom. The summed E-state index contributed by atoms with van der Waals surface area (Å²) in [6.45, 7) is 0. The van der Waals surface area contributed by atoms with Crippen molar-refractivity contribution >= 4 is 16.6 Å². The molecule has 4 rings (SSSR count). The fourth-order valence-corrected chi connectivity index (χ4v) is 3.84. The van der Waals surface area contributed by atoms with Crippen LogP contribution in [0.25, 0.3) is 21.9 Å². The summed E-state index contributed by atoms with van der Waals surface area (Å²) in [4.78, 5) is 4.52. The van der Waals surface area contributed by atoms with Gasteiger partial charge in [-0.25, -0.2) is 4.98 Å². The molecule has 1 aliphatic rings. The third kappa shape index (κ3) is 2.40. The van der Waals surface area contributed by atoms with E-state index in [1.165, 1.54) is 5.56 Å². The zero-order chi connectivity index (χ0) is 17.4. The number of hydrogen-bond donors (Lipinski definition) is 1. The Kier molecular flexibility index (Phi) is 3.77. The molecular weight excluding hydrogens is 310 g/mol. The predicted octanol–water partition coefficient (Wildman–Crippen LogP) is 4.24. The second-order valence-corrected chi connectivity index (χ2v) is 6.35. The zero-order valence-corrected chi connectivity index (χ0v) is 14.2. The monoisotopic (exact) mass is 329 g/mol. The van der Waals surface area contributed by atoms with E-state index in [9.17, 15) is 5.26 Å². The van der Waals surface area contributed by atoms with Crippen molar-refractivity contribution < 1.29 is 4.74 Å². The van der Waals surface area contributed by atoms with Gasteiger partial charge in [0.2, 0.25) is 0 Å². The lowest BCUT2D eigenvalue weighted by Crippen LogP contribution is -2.12. The van der Waals surface area contributed by atoms with Gasteiger partial charge in [-0.15, -0.1) is 0 Å². The van der Waals surface area contributed by atoms with Gasteiger partial charge in [-0.1, -0.05) is 24.3 Å². The van der Waals surface area contributed by atoms with Gasteiger partial charge in [-0.2, -0.15) is 5.26 Å². The number of nitrogen functional groups attached to an aromatic ring is 1. The van der Waals surface area contributed by atoms with Gasteiger partial charge in [-0.05, 0) is 54.3 Å². The Balaban J connectivity index is 2.11. The summed E-state index contributed by atoms with van der Waals surface area (Å²) in [6.07, 6.45) is 4.10. The summed E-state index contributed by atoms with van der Waals surface area (Å²) >= 11 is 0. The molecule has 4 heteroatoms. The number of ether oxygens (including phenoxy) is 1. The minimum absolute atomic E-state index is 0.332. The number of methoxy groups -OCH3 is 1. The van der Waals surface area contributed by atoms with Crippen molar-refractivity contribution in [3.8, 4) is 22.9 Å². The molecule has 0 bridgehead atoms. The van der Waals surface area contributed by atoms with Crippen LogP contribution in [0.15, 0.2) is 36.4 Å².